The first kappa shape index (κ1) is 27.6. The molecule has 1 fully saturated rings. The predicted molar refractivity (Wildman–Crippen MR) is 134 cm³/mol. The number of ketones is 1. The van der Waals surface area contributed by atoms with Crippen LogP contribution in [-0.2, 0) is 30.2 Å². The van der Waals surface area contributed by atoms with E-state index in [0.717, 1.165) is 61.8 Å². The van der Waals surface area contributed by atoms with Crippen LogP contribution in [0.4, 0.5) is 4.79 Å². The van der Waals surface area contributed by atoms with Crippen molar-refractivity contribution in [3.8, 4) is 0 Å². The Morgan fingerprint density at radius 2 is 1.78 bits per heavy atom. The Balaban J connectivity index is 1.56. The van der Waals surface area contributed by atoms with E-state index in [2.05, 4.69) is 0 Å². The van der Waals surface area contributed by atoms with Gasteiger partial charge in [0, 0.05) is 13.7 Å². The normalized spacial score (nSPS) is 21.5. The van der Waals surface area contributed by atoms with Gasteiger partial charge >= 0.3 is 6.09 Å². The van der Waals surface area contributed by atoms with Crippen LogP contribution in [-0.4, -0.2) is 66.4 Å². The van der Waals surface area contributed by atoms with Crippen LogP contribution in [0.2, 0.25) is 0 Å². The summed E-state index contributed by atoms with van der Waals surface area (Å²) in [6.07, 6.45) is 10.4. The highest BCUT2D eigenvalue weighted by Crippen LogP contribution is 2.24. The first-order valence-electron chi connectivity index (χ1n) is 12.8. The lowest BCUT2D eigenvalue weighted by atomic mass is 10.0. The molecule has 8 nitrogen and oxygen atoms in total. The number of carbonyl (C=O) groups excluding carboxylic acids is 3. The molecule has 3 rings (SSSR count). The third-order valence-corrected chi connectivity index (χ3v) is 6.45. The fourth-order valence-corrected chi connectivity index (χ4v) is 4.47. The molecular weight excluding hydrogens is 462 g/mol. The monoisotopic (exact) mass is 499 g/mol. The number of imide groups is 1. The average molecular weight is 500 g/mol. The second kappa shape index (κ2) is 14.6. The van der Waals surface area contributed by atoms with E-state index in [-0.39, 0.29) is 19.0 Å². The van der Waals surface area contributed by atoms with Crippen LogP contribution < -0.4 is 0 Å². The van der Waals surface area contributed by atoms with Gasteiger partial charge in [-0.1, -0.05) is 62.4 Å². The van der Waals surface area contributed by atoms with Gasteiger partial charge < -0.3 is 19.3 Å². The van der Waals surface area contributed by atoms with Crippen molar-refractivity contribution >= 4 is 17.8 Å². The highest BCUT2D eigenvalue weighted by molar-refractivity contribution is 6.03. The van der Waals surface area contributed by atoms with Crippen molar-refractivity contribution in [3.05, 3.63) is 59.9 Å². The summed E-state index contributed by atoms with van der Waals surface area (Å²) < 4.78 is 16.4. The Labute approximate surface area is 212 Å². The third-order valence-electron chi connectivity index (χ3n) is 6.45. The fraction of sp³-hybridized carbons (Fsp3) is 0.536. The van der Waals surface area contributed by atoms with Gasteiger partial charge in [0.25, 0.3) is 5.91 Å². The van der Waals surface area contributed by atoms with E-state index in [4.69, 9.17) is 19.3 Å². The number of unbranched alkanes of at least 4 members (excludes halogenated alkanes) is 7. The number of allylic oxidation sites excluding steroid dienone is 2. The lowest BCUT2D eigenvalue weighted by Gasteiger charge is -2.30. The minimum Gasteiger partial charge on any atom is -0.479 e. The van der Waals surface area contributed by atoms with Gasteiger partial charge in [-0.3, -0.25) is 9.59 Å². The number of methoxy groups -OCH3 is 1. The summed E-state index contributed by atoms with van der Waals surface area (Å²) in [7, 11) is 1.33. The quantitative estimate of drug-likeness (QED) is 0.384. The van der Waals surface area contributed by atoms with Crippen LogP contribution in [0.15, 0.2) is 54.3 Å². The fourth-order valence-electron chi connectivity index (χ4n) is 4.47. The van der Waals surface area contributed by atoms with E-state index >= 15 is 0 Å². The maximum Gasteiger partial charge on any atom is 0.417 e. The van der Waals surface area contributed by atoms with Crippen molar-refractivity contribution in [1.29, 1.82) is 0 Å². The zero-order valence-electron chi connectivity index (χ0n) is 21.0. The van der Waals surface area contributed by atoms with E-state index in [1.165, 1.54) is 13.2 Å². The molecule has 1 N–H and O–H groups in total. The highest BCUT2D eigenvalue weighted by atomic mass is 16.6. The number of amides is 2. The molecule has 36 heavy (non-hydrogen) atoms. The van der Waals surface area contributed by atoms with Gasteiger partial charge in [-0.05, 0) is 49.5 Å². The summed E-state index contributed by atoms with van der Waals surface area (Å²) in [5, 5.41) is 8.82. The van der Waals surface area contributed by atoms with Gasteiger partial charge in [-0.2, -0.15) is 0 Å². The van der Waals surface area contributed by atoms with Crippen LogP contribution in [0, 0.1) is 0 Å². The molecule has 0 bridgehead atoms. The van der Waals surface area contributed by atoms with Crippen molar-refractivity contribution in [3.63, 3.8) is 0 Å². The number of rotatable bonds is 14. The molecule has 1 aromatic rings. The van der Waals surface area contributed by atoms with E-state index in [1.807, 2.05) is 36.4 Å². The Hall–Kier alpha value is -2.97. The second-order valence-corrected chi connectivity index (χ2v) is 9.15. The number of hydrogen-bond acceptors (Lipinski definition) is 7. The summed E-state index contributed by atoms with van der Waals surface area (Å²) >= 11 is 0. The zero-order chi connectivity index (χ0) is 25.8. The van der Waals surface area contributed by atoms with Gasteiger partial charge in [0.2, 0.25) is 0 Å². The number of hydrogen-bond donors (Lipinski definition) is 1. The molecule has 0 spiro atoms. The molecule has 2 aliphatic heterocycles. The van der Waals surface area contributed by atoms with Crippen molar-refractivity contribution in [2.24, 2.45) is 0 Å². The van der Waals surface area contributed by atoms with Crippen molar-refractivity contribution in [2.45, 2.75) is 76.0 Å². The van der Waals surface area contributed by atoms with E-state index in [0.29, 0.717) is 12.2 Å². The second-order valence-electron chi connectivity index (χ2n) is 9.15. The number of carbonyl (C=O) groups is 3. The summed E-state index contributed by atoms with van der Waals surface area (Å²) in [5.41, 5.74) is 0.968. The molecule has 2 amide bonds. The molecule has 0 aromatic heterocycles. The molecular formula is C28H37NO7. The smallest absolute Gasteiger partial charge is 0.417 e. The van der Waals surface area contributed by atoms with Crippen molar-refractivity contribution in [1.82, 2.24) is 4.90 Å². The number of ether oxygens (including phenoxy) is 3. The first-order chi connectivity index (χ1) is 17.5. The predicted octanol–water partition coefficient (Wildman–Crippen LogP) is 4.11. The third kappa shape index (κ3) is 7.77. The first-order valence-corrected chi connectivity index (χ1v) is 12.8. The summed E-state index contributed by atoms with van der Waals surface area (Å²) in [4.78, 5) is 39.5. The minimum atomic E-state index is -1.27. The summed E-state index contributed by atoms with van der Waals surface area (Å²) in [6.45, 7) is 0.346. The highest BCUT2D eigenvalue weighted by Gasteiger charge is 2.46. The largest absolute Gasteiger partial charge is 0.479 e. The molecule has 0 unspecified atom stereocenters. The summed E-state index contributed by atoms with van der Waals surface area (Å²) in [5.74, 6) is -0.514. The lowest BCUT2D eigenvalue weighted by molar-refractivity contribution is -0.153. The average Bonchev–Trinajstić information content (AvgIpc) is 3.25. The number of nitrogens with zero attached hydrogens (tertiary/aromatic N) is 1. The van der Waals surface area contributed by atoms with Crippen LogP contribution in [0.3, 0.4) is 0 Å². The van der Waals surface area contributed by atoms with E-state index in [1.54, 1.807) is 6.08 Å². The topological polar surface area (TPSA) is 102 Å². The molecule has 196 valence electrons. The van der Waals surface area contributed by atoms with Gasteiger partial charge in [0.1, 0.15) is 12.4 Å². The van der Waals surface area contributed by atoms with Crippen LogP contribution in [0.25, 0.3) is 0 Å². The molecule has 1 aromatic carbocycles. The van der Waals surface area contributed by atoms with Gasteiger partial charge in [-0.25, -0.2) is 9.69 Å². The SMILES string of the molecule is CO[C@@H](C(=O)N1C(=O)OC[C@H]1Cc1ccccc1)[C@@H]1OC(=CCCCCCCCCCO)C=CC1=O. The molecule has 3 atom stereocenters. The molecule has 2 heterocycles. The maximum absolute atomic E-state index is 13.4. The number of aliphatic hydroxyl groups excluding tert-OH is 1. The zero-order valence-corrected chi connectivity index (χ0v) is 21.0. The standard InChI is InChI=1S/C28H37NO7/c1-34-26(27(32)29-22(20-35-28(29)33)19-21-13-9-8-10-14-21)25-24(31)17-16-23(36-25)15-11-6-4-2-3-5-7-12-18-30/h8-10,13-17,22,25-26,30H,2-7,11-12,18-20H2,1H3/t22-,25-,26-/m1/s1. The van der Waals surface area contributed by atoms with Gasteiger partial charge in [0.15, 0.2) is 18.0 Å². The van der Waals surface area contributed by atoms with E-state index < -0.39 is 30.3 Å². The molecule has 0 saturated carbocycles. The van der Waals surface area contributed by atoms with Gasteiger partial charge in [-0.15, -0.1) is 0 Å². The Morgan fingerprint density at radius 1 is 1.08 bits per heavy atom. The van der Waals surface area contributed by atoms with Crippen LogP contribution >= 0.6 is 0 Å². The molecule has 2 aliphatic rings. The maximum atomic E-state index is 13.4. The van der Waals surface area contributed by atoms with E-state index in [9.17, 15) is 14.4 Å². The Bertz CT molecular complexity index is 927. The molecule has 8 heteroatoms. The summed E-state index contributed by atoms with van der Waals surface area (Å²) in [6, 6.07) is 9.04. The lowest BCUT2D eigenvalue weighted by Crippen LogP contribution is -2.53. The minimum absolute atomic E-state index is 0.0852. The Kier molecular flexibility index (Phi) is 11.2. The van der Waals surface area contributed by atoms with Gasteiger partial charge in [0.05, 0.1) is 6.04 Å². The van der Waals surface area contributed by atoms with Crippen molar-refractivity contribution in [2.75, 3.05) is 20.3 Å². The van der Waals surface area contributed by atoms with Crippen LogP contribution in [0.5, 0.6) is 0 Å². The number of cyclic esters (lactones) is 1. The van der Waals surface area contributed by atoms with Crippen molar-refractivity contribution < 1.29 is 33.7 Å². The van der Waals surface area contributed by atoms with Crippen LogP contribution in [0.1, 0.15) is 56.9 Å². The molecule has 0 aliphatic carbocycles. The number of aliphatic hydroxyl groups is 1. The number of benzene rings is 1. The Morgan fingerprint density at radius 3 is 2.47 bits per heavy atom. The molecule has 1 saturated heterocycles. The molecule has 0 radical (unpaired) electrons.